The van der Waals surface area contributed by atoms with Crippen LogP contribution in [-0.4, -0.2) is 50.6 Å². The van der Waals surface area contributed by atoms with Crippen molar-refractivity contribution in [3.05, 3.63) is 64.2 Å². The molecule has 0 fully saturated rings. The molecule has 9 nitrogen and oxygen atoms in total. The number of ether oxygens (including phenoxy) is 3. The van der Waals surface area contributed by atoms with Gasteiger partial charge in [-0.05, 0) is 23.6 Å². The van der Waals surface area contributed by atoms with Gasteiger partial charge in [0, 0.05) is 24.1 Å². The summed E-state index contributed by atoms with van der Waals surface area (Å²) >= 11 is 1.53. The third kappa shape index (κ3) is 5.46. The molecule has 2 aromatic heterocycles. The van der Waals surface area contributed by atoms with Crippen LogP contribution in [0, 0.1) is 0 Å². The minimum Gasteiger partial charge on any atom is -0.493 e. The summed E-state index contributed by atoms with van der Waals surface area (Å²) in [6.45, 7) is -0.0461. The number of hydrogen-bond acceptors (Lipinski definition) is 8. The standard InChI is InChI=1S/C22H22N2O7S/c1-24(12-14-6-5-9-32-14)20(25)13-31-22(27)15-10-18(28-2)19(29-3)11-16(15)23-21(26)17-7-4-8-30-17/h4-11H,12-13H2,1-3H3,(H,23,26). The van der Waals surface area contributed by atoms with Crippen LogP contribution in [0.2, 0.25) is 0 Å². The van der Waals surface area contributed by atoms with Crippen LogP contribution in [-0.2, 0) is 16.1 Å². The molecular formula is C22H22N2O7S. The molecule has 168 valence electrons. The van der Waals surface area contributed by atoms with E-state index in [1.807, 2.05) is 17.5 Å². The minimum atomic E-state index is -0.807. The number of benzene rings is 1. The Morgan fingerprint density at radius 1 is 1.09 bits per heavy atom. The third-order valence-electron chi connectivity index (χ3n) is 4.46. The largest absolute Gasteiger partial charge is 0.493 e. The first-order valence-corrected chi connectivity index (χ1v) is 10.3. The number of carbonyl (C=O) groups excluding carboxylic acids is 3. The molecule has 0 aliphatic rings. The second-order valence-corrected chi connectivity index (χ2v) is 7.62. The monoisotopic (exact) mass is 458 g/mol. The molecule has 0 saturated carbocycles. The van der Waals surface area contributed by atoms with E-state index in [1.165, 1.54) is 54.9 Å². The van der Waals surface area contributed by atoms with Crippen LogP contribution >= 0.6 is 11.3 Å². The number of esters is 1. The van der Waals surface area contributed by atoms with E-state index in [0.29, 0.717) is 12.3 Å². The van der Waals surface area contributed by atoms with E-state index in [4.69, 9.17) is 18.6 Å². The Bertz CT molecular complexity index is 1080. The number of rotatable bonds is 9. The zero-order chi connectivity index (χ0) is 23.1. The van der Waals surface area contributed by atoms with Crippen molar-refractivity contribution in [1.82, 2.24) is 4.90 Å². The first kappa shape index (κ1) is 22.9. The second-order valence-electron chi connectivity index (χ2n) is 6.59. The fourth-order valence-electron chi connectivity index (χ4n) is 2.78. The van der Waals surface area contributed by atoms with Gasteiger partial charge < -0.3 is 28.8 Å². The lowest BCUT2D eigenvalue weighted by Gasteiger charge is -2.17. The van der Waals surface area contributed by atoms with Gasteiger partial charge in [-0.1, -0.05) is 6.07 Å². The maximum absolute atomic E-state index is 12.8. The average molecular weight is 458 g/mol. The molecule has 32 heavy (non-hydrogen) atoms. The number of nitrogens with zero attached hydrogens (tertiary/aromatic N) is 1. The van der Waals surface area contributed by atoms with E-state index < -0.39 is 18.5 Å². The molecule has 0 saturated heterocycles. The van der Waals surface area contributed by atoms with Gasteiger partial charge in [-0.25, -0.2) is 4.79 Å². The predicted molar refractivity (Wildman–Crippen MR) is 117 cm³/mol. The van der Waals surface area contributed by atoms with Crippen molar-refractivity contribution in [3.8, 4) is 11.5 Å². The van der Waals surface area contributed by atoms with Crippen molar-refractivity contribution >= 4 is 34.8 Å². The predicted octanol–water partition coefficient (Wildman–Crippen LogP) is 3.43. The molecule has 10 heteroatoms. The average Bonchev–Trinajstić information content (AvgIpc) is 3.51. The van der Waals surface area contributed by atoms with Crippen molar-refractivity contribution in [3.63, 3.8) is 0 Å². The summed E-state index contributed by atoms with van der Waals surface area (Å²) in [4.78, 5) is 40.1. The highest BCUT2D eigenvalue weighted by atomic mass is 32.1. The summed E-state index contributed by atoms with van der Waals surface area (Å²) < 4.78 is 20.8. The fourth-order valence-corrected chi connectivity index (χ4v) is 3.54. The number of furan rings is 1. The van der Waals surface area contributed by atoms with Crippen molar-refractivity contribution in [1.29, 1.82) is 0 Å². The number of anilines is 1. The van der Waals surface area contributed by atoms with Crippen molar-refractivity contribution in [2.45, 2.75) is 6.54 Å². The van der Waals surface area contributed by atoms with Crippen LogP contribution in [0.3, 0.4) is 0 Å². The SMILES string of the molecule is COc1cc(NC(=O)c2ccco2)c(C(=O)OCC(=O)N(C)Cc2cccs2)cc1OC. The molecular weight excluding hydrogens is 436 g/mol. The first-order valence-electron chi connectivity index (χ1n) is 9.47. The Morgan fingerprint density at radius 2 is 1.84 bits per heavy atom. The molecule has 0 unspecified atom stereocenters. The van der Waals surface area contributed by atoms with Gasteiger partial charge in [0.05, 0.1) is 38.3 Å². The number of thiophene rings is 1. The van der Waals surface area contributed by atoms with Gasteiger partial charge in [-0.2, -0.15) is 0 Å². The highest BCUT2D eigenvalue weighted by Crippen LogP contribution is 2.34. The lowest BCUT2D eigenvalue weighted by Crippen LogP contribution is -2.30. The molecule has 0 aliphatic heterocycles. The molecule has 0 atom stereocenters. The number of hydrogen-bond donors (Lipinski definition) is 1. The van der Waals surface area contributed by atoms with Gasteiger partial charge in [0.1, 0.15) is 0 Å². The lowest BCUT2D eigenvalue weighted by atomic mass is 10.1. The van der Waals surface area contributed by atoms with Gasteiger partial charge in [0.2, 0.25) is 0 Å². The number of carbonyl (C=O) groups is 3. The Morgan fingerprint density at radius 3 is 2.47 bits per heavy atom. The Balaban J connectivity index is 1.75. The molecule has 3 aromatic rings. The van der Waals surface area contributed by atoms with Crippen molar-refractivity contribution in [2.75, 3.05) is 33.2 Å². The van der Waals surface area contributed by atoms with Gasteiger partial charge in [-0.15, -0.1) is 11.3 Å². The van der Waals surface area contributed by atoms with Crippen LogP contribution < -0.4 is 14.8 Å². The molecule has 0 bridgehead atoms. The van der Waals surface area contributed by atoms with Gasteiger partial charge in [0.25, 0.3) is 11.8 Å². The molecule has 0 spiro atoms. The fraction of sp³-hybridized carbons (Fsp3) is 0.227. The zero-order valence-electron chi connectivity index (χ0n) is 17.7. The minimum absolute atomic E-state index is 0.00346. The summed E-state index contributed by atoms with van der Waals surface area (Å²) in [5.41, 5.74) is 0.115. The highest BCUT2D eigenvalue weighted by Gasteiger charge is 2.22. The van der Waals surface area contributed by atoms with E-state index in [2.05, 4.69) is 5.32 Å². The van der Waals surface area contributed by atoms with E-state index in [1.54, 1.807) is 13.1 Å². The molecule has 2 amide bonds. The number of methoxy groups -OCH3 is 2. The Labute approximate surface area is 188 Å². The van der Waals surface area contributed by atoms with Crippen molar-refractivity contribution in [2.24, 2.45) is 0 Å². The molecule has 3 rings (SSSR count). The number of amides is 2. The number of nitrogens with one attached hydrogen (secondary N) is 1. The molecule has 1 N–H and O–H groups in total. The van der Waals surface area contributed by atoms with E-state index >= 15 is 0 Å². The van der Waals surface area contributed by atoms with E-state index in [9.17, 15) is 14.4 Å². The molecule has 0 radical (unpaired) electrons. The summed E-state index contributed by atoms with van der Waals surface area (Å²) in [6.07, 6.45) is 1.36. The smallest absolute Gasteiger partial charge is 0.340 e. The first-order chi connectivity index (χ1) is 15.4. The zero-order valence-corrected chi connectivity index (χ0v) is 18.6. The van der Waals surface area contributed by atoms with Crippen LogP contribution in [0.15, 0.2) is 52.5 Å². The van der Waals surface area contributed by atoms with Crippen LogP contribution in [0.4, 0.5) is 5.69 Å². The van der Waals surface area contributed by atoms with E-state index in [-0.39, 0.29) is 28.7 Å². The Kier molecular flexibility index (Phi) is 7.50. The Hall–Kier alpha value is -3.79. The van der Waals surface area contributed by atoms with Crippen LogP contribution in [0.5, 0.6) is 11.5 Å². The quantitative estimate of drug-likeness (QED) is 0.490. The summed E-state index contributed by atoms with van der Waals surface area (Å²) in [7, 11) is 4.47. The second kappa shape index (κ2) is 10.5. The van der Waals surface area contributed by atoms with Crippen LogP contribution in [0.25, 0.3) is 0 Å². The number of likely N-dealkylation sites (N-methyl/N-ethyl adjacent to an activating group) is 1. The van der Waals surface area contributed by atoms with Gasteiger partial charge in [0.15, 0.2) is 23.9 Å². The van der Waals surface area contributed by atoms with Gasteiger partial charge >= 0.3 is 5.97 Å². The van der Waals surface area contributed by atoms with Crippen LogP contribution in [0.1, 0.15) is 25.8 Å². The summed E-state index contributed by atoms with van der Waals surface area (Å²) in [5, 5.41) is 4.52. The maximum Gasteiger partial charge on any atom is 0.340 e. The highest BCUT2D eigenvalue weighted by molar-refractivity contribution is 7.09. The normalized spacial score (nSPS) is 10.3. The molecule has 1 aromatic carbocycles. The third-order valence-corrected chi connectivity index (χ3v) is 5.32. The lowest BCUT2D eigenvalue weighted by molar-refractivity contribution is -0.133. The van der Waals surface area contributed by atoms with Gasteiger partial charge in [-0.3, -0.25) is 9.59 Å². The maximum atomic E-state index is 12.8. The summed E-state index contributed by atoms with van der Waals surface area (Å²) in [5.74, 6) is -1.12. The molecule has 0 aliphatic carbocycles. The van der Waals surface area contributed by atoms with Crippen molar-refractivity contribution < 1.29 is 33.0 Å². The molecule has 2 heterocycles. The van der Waals surface area contributed by atoms with E-state index in [0.717, 1.165) is 4.88 Å². The topological polar surface area (TPSA) is 107 Å². The summed E-state index contributed by atoms with van der Waals surface area (Å²) in [6, 6.07) is 9.67.